The van der Waals surface area contributed by atoms with Gasteiger partial charge < -0.3 is 16.2 Å². The lowest BCUT2D eigenvalue weighted by Gasteiger charge is -2.31. The van der Waals surface area contributed by atoms with Crippen molar-refractivity contribution in [2.75, 3.05) is 0 Å². The van der Waals surface area contributed by atoms with Gasteiger partial charge in [-0.15, -0.1) is 0 Å². The van der Waals surface area contributed by atoms with Crippen LogP contribution >= 0.6 is 0 Å². The number of nitrogens with two attached hydrogens (primary N) is 1. The number of carboxylic acids is 1. The van der Waals surface area contributed by atoms with Gasteiger partial charge in [0.1, 0.15) is 5.41 Å². The average Bonchev–Trinajstić information content (AvgIpc) is 2.21. The van der Waals surface area contributed by atoms with Crippen molar-refractivity contribution in [3.63, 3.8) is 0 Å². The van der Waals surface area contributed by atoms with E-state index < -0.39 is 17.3 Å². The number of carbonyl (C=O) groups is 2. The van der Waals surface area contributed by atoms with Crippen molar-refractivity contribution < 1.29 is 14.7 Å². The molecule has 0 bridgehead atoms. The van der Waals surface area contributed by atoms with Crippen molar-refractivity contribution in [3.8, 4) is 0 Å². The Hall–Kier alpha value is -1.10. The van der Waals surface area contributed by atoms with Crippen molar-refractivity contribution in [1.82, 2.24) is 5.32 Å². The Labute approximate surface area is 95.4 Å². The van der Waals surface area contributed by atoms with E-state index in [2.05, 4.69) is 5.32 Å². The van der Waals surface area contributed by atoms with Crippen LogP contribution in [0.15, 0.2) is 0 Å². The quantitative estimate of drug-likeness (QED) is 0.613. The van der Waals surface area contributed by atoms with Crippen LogP contribution in [0.25, 0.3) is 0 Å². The number of hydrogen-bond donors (Lipinski definition) is 3. The van der Waals surface area contributed by atoms with Crippen molar-refractivity contribution in [1.29, 1.82) is 0 Å². The Bertz CT molecular complexity index is 289. The monoisotopic (exact) mass is 228 g/mol. The van der Waals surface area contributed by atoms with Gasteiger partial charge in [0.15, 0.2) is 0 Å². The third kappa shape index (κ3) is 2.72. The maximum absolute atomic E-state index is 11.8. The van der Waals surface area contributed by atoms with Gasteiger partial charge in [-0.25, -0.2) is 0 Å². The molecule has 16 heavy (non-hydrogen) atoms. The van der Waals surface area contributed by atoms with Crippen LogP contribution in [-0.2, 0) is 9.59 Å². The lowest BCUT2D eigenvalue weighted by Crippen LogP contribution is -2.53. The number of carboxylic acid groups (broad SMARTS) is 1. The molecule has 1 rings (SSSR count). The molecular formula is C11H20N2O3. The molecule has 5 nitrogen and oxygen atoms in total. The second kappa shape index (κ2) is 4.82. The first-order chi connectivity index (χ1) is 7.35. The zero-order valence-electron chi connectivity index (χ0n) is 9.82. The predicted octanol–water partition coefficient (Wildman–Crippen LogP) is 0.483. The summed E-state index contributed by atoms with van der Waals surface area (Å²) in [6, 6.07) is -0.137. The van der Waals surface area contributed by atoms with Gasteiger partial charge in [-0.1, -0.05) is 12.8 Å². The number of nitrogens with one attached hydrogen (secondary N) is 1. The van der Waals surface area contributed by atoms with Crippen LogP contribution in [-0.4, -0.2) is 29.1 Å². The zero-order chi connectivity index (χ0) is 12.3. The number of rotatable bonds is 3. The fourth-order valence-corrected chi connectivity index (χ4v) is 1.78. The van der Waals surface area contributed by atoms with Gasteiger partial charge in [-0.05, 0) is 26.7 Å². The number of aliphatic carboxylic acids is 1. The second-order valence-corrected chi connectivity index (χ2v) is 4.96. The maximum atomic E-state index is 11.8. The molecule has 1 amide bonds. The molecule has 0 spiro atoms. The first-order valence-electron chi connectivity index (χ1n) is 5.65. The summed E-state index contributed by atoms with van der Waals surface area (Å²) < 4.78 is 0. The summed E-state index contributed by atoms with van der Waals surface area (Å²) in [4.78, 5) is 22.7. The van der Waals surface area contributed by atoms with Gasteiger partial charge >= 0.3 is 5.97 Å². The highest BCUT2D eigenvalue weighted by atomic mass is 16.4. The fraction of sp³-hybridized carbons (Fsp3) is 0.818. The highest BCUT2D eigenvalue weighted by molar-refractivity contribution is 6.01. The zero-order valence-corrected chi connectivity index (χ0v) is 9.82. The normalized spacial score (nSPS) is 26.2. The van der Waals surface area contributed by atoms with Gasteiger partial charge in [0.2, 0.25) is 5.91 Å². The Morgan fingerprint density at radius 3 is 2.38 bits per heavy atom. The van der Waals surface area contributed by atoms with Gasteiger partial charge in [0.25, 0.3) is 0 Å². The molecular weight excluding hydrogens is 208 g/mol. The lowest BCUT2D eigenvalue weighted by molar-refractivity contribution is -0.153. The van der Waals surface area contributed by atoms with Gasteiger partial charge in [0.05, 0.1) is 0 Å². The molecule has 0 aromatic carbocycles. The minimum absolute atomic E-state index is 0.0534. The smallest absolute Gasteiger partial charge is 0.318 e. The Morgan fingerprint density at radius 2 is 1.88 bits per heavy atom. The molecule has 1 aliphatic carbocycles. The minimum atomic E-state index is -1.39. The van der Waals surface area contributed by atoms with E-state index in [1.807, 2.05) is 0 Å². The molecule has 1 fully saturated rings. The number of carbonyl (C=O) groups excluding carboxylic acids is 1. The number of hydrogen-bond acceptors (Lipinski definition) is 3. The molecule has 0 saturated heterocycles. The second-order valence-electron chi connectivity index (χ2n) is 4.96. The molecule has 0 heterocycles. The molecule has 0 radical (unpaired) electrons. The lowest BCUT2D eigenvalue weighted by atomic mass is 9.88. The first-order valence-corrected chi connectivity index (χ1v) is 5.65. The predicted molar refractivity (Wildman–Crippen MR) is 59.8 cm³/mol. The van der Waals surface area contributed by atoms with E-state index in [1.54, 1.807) is 0 Å². The van der Waals surface area contributed by atoms with E-state index in [9.17, 15) is 9.59 Å². The van der Waals surface area contributed by atoms with E-state index in [1.165, 1.54) is 13.8 Å². The van der Waals surface area contributed by atoms with Crippen LogP contribution in [0.5, 0.6) is 0 Å². The van der Waals surface area contributed by atoms with Crippen molar-refractivity contribution in [3.05, 3.63) is 0 Å². The summed E-state index contributed by atoms with van der Waals surface area (Å²) >= 11 is 0. The van der Waals surface area contributed by atoms with E-state index in [0.717, 1.165) is 25.7 Å². The van der Waals surface area contributed by atoms with Crippen LogP contribution < -0.4 is 11.1 Å². The summed E-state index contributed by atoms with van der Waals surface area (Å²) in [5, 5.41) is 11.7. The molecule has 1 aliphatic rings. The minimum Gasteiger partial charge on any atom is -0.480 e. The molecule has 0 aromatic heterocycles. The maximum Gasteiger partial charge on any atom is 0.318 e. The van der Waals surface area contributed by atoms with Gasteiger partial charge in [-0.3, -0.25) is 9.59 Å². The third-order valence-electron chi connectivity index (χ3n) is 3.24. The standard InChI is InChI=1S/C11H20N2O3/c1-11(2,10(15)16)9(14)13-8-6-4-3-5-7(8)12/h7-8H,3-6,12H2,1-2H3,(H,13,14)(H,15,16). The number of amides is 1. The Balaban J connectivity index is 2.59. The van der Waals surface area contributed by atoms with Gasteiger partial charge in [0, 0.05) is 12.1 Å². The highest BCUT2D eigenvalue weighted by Crippen LogP contribution is 2.20. The summed E-state index contributed by atoms with van der Waals surface area (Å²) in [6.45, 7) is 2.80. The van der Waals surface area contributed by atoms with Crippen LogP contribution in [0.2, 0.25) is 0 Å². The van der Waals surface area contributed by atoms with Crippen molar-refractivity contribution in [2.24, 2.45) is 11.1 Å². The molecule has 0 aromatic rings. The molecule has 1 saturated carbocycles. The van der Waals surface area contributed by atoms with Crippen LogP contribution in [0.1, 0.15) is 39.5 Å². The largest absolute Gasteiger partial charge is 0.480 e. The molecule has 5 heteroatoms. The van der Waals surface area contributed by atoms with E-state index in [-0.39, 0.29) is 12.1 Å². The van der Waals surface area contributed by atoms with E-state index >= 15 is 0 Å². The molecule has 4 N–H and O–H groups in total. The topological polar surface area (TPSA) is 92.4 Å². The summed E-state index contributed by atoms with van der Waals surface area (Å²) in [6.07, 6.45) is 3.84. The highest BCUT2D eigenvalue weighted by Gasteiger charge is 2.38. The van der Waals surface area contributed by atoms with Crippen LogP contribution in [0, 0.1) is 5.41 Å². The van der Waals surface area contributed by atoms with Gasteiger partial charge in [-0.2, -0.15) is 0 Å². The van der Waals surface area contributed by atoms with E-state index in [0.29, 0.717) is 0 Å². The molecule has 2 unspecified atom stereocenters. The summed E-state index contributed by atoms with van der Waals surface area (Å²) in [5.41, 5.74) is 4.49. The van der Waals surface area contributed by atoms with Crippen LogP contribution in [0.4, 0.5) is 0 Å². The van der Waals surface area contributed by atoms with Crippen LogP contribution in [0.3, 0.4) is 0 Å². The third-order valence-corrected chi connectivity index (χ3v) is 3.24. The molecule has 92 valence electrons. The van der Waals surface area contributed by atoms with Crippen molar-refractivity contribution >= 4 is 11.9 Å². The first kappa shape index (κ1) is 13.0. The Morgan fingerprint density at radius 1 is 1.31 bits per heavy atom. The SMILES string of the molecule is CC(C)(C(=O)O)C(=O)NC1CCCCC1N. The summed E-state index contributed by atoms with van der Waals surface area (Å²) in [7, 11) is 0. The summed E-state index contributed by atoms with van der Waals surface area (Å²) in [5.74, 6) is -1.57. The molecule has 0 aliphatic heterocycles. The average molecular weight is 228 g/mol. The van der Waals surface area contributed by atoms with Crippen molar-refractivity contribution in [2.45, 2.75) is 51.6 Å². The fourth-order valence-electron chi connectivity index (χ4n) is 1.78. The van der Waals surface area contributed by atoms with E-state index in [4.69, 9.17) is 10.8 Å². The molecule has 2 atom stereocenters. The Kier molecular flexibility index (Phi) is 3.91.